The van der Waals surface area contributed by atoms with Crippen LogP contribution >= 0.6 is 0 Å². The third kappa shape index (κ3) is 3.22. The third-order valence-corrected chi connectivity index (χ3v) is 5.99. The molecule has 0 saturated carbocycles. The minimum absolute atomic E-state index is 0.0385. The number of nitrogens with zero attached hydrogens (tertiary/aromatic N) is 3. The van der Waals surface area contributed by atoms with Gasteiger partial charge in [0, 0.05) is 26.1 Å². The molecule has 0 bridgehead atoms. The molecule has 2 saturated heterocycles. The number of carbonyl (C=O) groups is 1. The highest BCUT2D eigenvalue weighted by Crippen LogP contribution is 2.45. The molecule has 2 fully saturated rings. The average Bonchev–Trinajstić information content (AvgIpc) is 2.91. The van der Waals surface area contributed by atoms with E-state index in [4.69, 9.17) is 4.52 Å². The Labute approximate surface area is 143 Å². The number of aliphatic hydroxyl groups excluding tert-OH is 1. The fourth-order valence-corrected chi connectivity index (χ4v) is 4.23. The van der Waals surface area contributed by atoms with Crippen molar-refractivity contribution in [2.24, 2.45) is 5.41 Å². The van der Waals surface area contributed by atoms with E-state index in [2.05, 4.69) is 10.1 Å². The highest BCUT2D eigenvalue weighted by atomic mass is 16.5. The zero-order chi connectivity index (χ0) is 17.5. The van der Waals surface area contributed by atoms with Gasteiger partial charge in [-0.15, -0.1) is 0 Å². The van der Waals surface area contributed by atoms with Crippen LogP contribution in [0.25, 0.3) is 0 Å². The van der Waals surface area contributed by atoms with Crippen molar-refractivity contribution in [1.82, 2.24) is 15.0 Å². The summed E-state index contributed by atoms with van der Waals surface area (Å²) in [5, 5.41) is 14.7. The second-order valence-corrected chi connectivity index (χ2v) is 8.18. The predicted octanol–water partition coefficient (Wildman–Crippen LogP) is 1.96. The molecule has 1 aromatic rings. The van der Waals surface area contributed by atoms with E-state index in [0.717, 1.165) is 56.9 Å². The van der Waals surface area contributed by atoms with Crippen molar-refractivity contribution in [2.45, 2.75) is 65.1 Å². The molecule has 3 rings (SSSR count). The van der Waals surface area contributed by atoms with Crippen molar-refractivity contribution in [3.63, 3.8) is 0 Å². The van der Waals surface area contributed by atoms with E-state index < -0.39 is 11.6 Å². The van der Waals surface area contributed by atoms with Gasteiger partial charge in [-0.25, -0.2) is 0 Å². The van der Waals surface area contributed by atoms with Gasteiger partial charge in [0.1, 0.15) is 5.76 Å². The minimum atomic E-state index is -0.480. The van der Waals surface area contributed by atoms with Crippen LogP contribution in [0, 0.1) is 12.3 Å². The van der Waals surface area contributed by atoms with E-state index in [-0.39, 0.29) is 11.3 Å². The van der Waals surface area contributed by atoms with Gasteiger partial charge in [0.15, 0.2) is 0 Å². The van der Waals surface area contributed by atoms with Gasteiger partial charge >= 0.3 is 0 Å². The average molecular weight is 335 g/mol. The maximum Gasteiger partial charge on any atom is 0.219 e. The number of rotatable bonds is 2. The first kappa shape index (κ1) is 17.4. The van der Waals surface area contributed by atoms with Gasteiger partial charge < -0.3 is 14.5 Å². The quantitative estimate of drug-likeness (QED) is 0.895. The molecule has 2 aliphatic rings. The van der Waals surface area contributed by atoms with E-state index in [1.165, 1.54) is 0 Å². The maximum absolute atomic E-state index is 12.1. The number of aromatic nitrogens is 1. The van der Waals surface area contributed by atoms with Crippen LogP contribution in [0.15, 0.2) is 10.6 Å². The summed E-state index contributed by atoms with van der Waals surface area (Å²) in [5.41, 5.74) is 0.530. The Morgan fingerprint density at radius 1 is 1.42 bits per heavy atom. The monoisotopic (exact) mass is 335 g/mol. The van der Waals surface area contributed by atoms with Gasteiger partial charge in [0.05, 0.1) is 17.3 Å². The lowest BCUT2D eigenvalue weighted by molar-refractivity contribution is -0.157. The highest BCUT2D eigenvalue weighted by molar-refractivity contribution is 5.74. The van der Waals surface area contributed by atoms with Crippen LogP contribution in [0.5, 0.6) is 0 Å². The molecule has 0 unspecified atom stereocenters. The summed E-state index contributed by atoms with van der Waals surface area (Å²) in [6.07, 6.45) is 2.31. The first-order valence-electron chi connectivity index (χ1n) is 8.83. The number of likely N-dealkylation sites (tertiary alicyclic amines) is 2. The second-order valence-electron chi connectivity index (χ2n) is 8.18. The topological polar surface area (TPSA) is 69.8 Å². The molecule has 24 heavy (non-hydrogen) atoms. The number of carbonyl (C=O) groups excluding carboxylic acids is 1. The molecule has 1 amide bonds. The van der Waals surface area contributed by atoms with Crippen LogP contribution in [0.3, 0.4) is 0 Å². The Hall–Kier alpha value is -1.40. The number of aliphatic hydroxyl groups is 1. The molecule has 1 atom stereocenters. The summed E-state index contributed by atoms with van der Waals surface area (Å²) in [7, 11) is 0. The van der Waals surface area contributed by atoms with E-state index in [1.54, 1.807) is 6.92 Å². The minimum Gasteiger partial charge on any atom is -0.391 e. The summed E-state index contributed by atoms with van der Waals surface area (Å²) in [6, 6.07) is 1.98. The van der Waals surface area contributed by atoms with E-state index >= 15 is 0 Å². The molecule has 2 aliphatic heterocycles. The first-order valence-corrected chi connectivity index (χ1v) is 8.83. The molecule has 1 N–H and O–H groups in total. The number of piperidine rings is 2. The Balaban J connectivity index is 1.65. The zero-order valence-electron chi connectivity index (χ0n) is 15.2. The fourth-order valence-electron chi connectivity index (χ4n) is 4.23. The van der Waals surface area contributed by atoms with Crippen LogP contribution in [0.4, 0.5) is 0 Å². The van der Waals surface area contributed by atoms with Crippen LogP contribution in [-0.2, 0) is 11.3 Å². The molecule has 0 radical (unpaired) electrons. The van der Waals surface area contributed by atoms with Crippen molar-refractivity contribution in [3.05, 3.63) is 17.5 Å². The number of hydrogen-bond acceptors (Lipinski definition) is 5. The van der Waals surface area contributed by atoms with Gasteiger partial charge in [-0.2, -0.15) is 0 Å². The molecule has 0 aliphatic carbocycles. The summed E-state index contributed by atoms with van der Waals surface area (Å²) < 4.78 is 5.14. The molecule has 3 heterocycles. The molecule has 0 aromatic carbocycles. The predicted molar refractivity (Wildman–Crippen MR) is 90.3 cm³/mol. The number of hydrogen-bond donors (Lipinski definition) is 1. The lowest BCUT2D eigenvalue weighted by Crippen LogP contribution is -2.64. The van der Waals surface area contributed by atoms with Gasteiger partial charge in [-0.1, -0.05) is 5.16 Å². The van der Waals surface area contributed by atoms with Crippen molar-refractivity contribution >= 4 is 5.91 Å². The van der Waals surface area contributed by atoms with Crippen LogP contribution in [0.2, 0.25) is 0 Å². The molecular weight excluding hydrogens is 306 g/mol. The van der Waals surface area contributed by atoms with Gasteiger partial charge in [-0.05, 0) is 58.5 Å². The SMILES string of the molecule is CC(=O)N1CC2(CCN(Cc3cc(C)on3)CC2)C[C@H](O)C1(C)C. The zero-order valence-corrected chi connectivity index (χ0v) is 15.2. The standard InChI is InChI=1S/C18H29N3O3/c1-13-9-15(19-24-13)11-20-7-5-18(6-8-20)10-16(23)17(3,4)21(12-18)14(2)22/h9,16,23H,5-8,10-12H2,1-4H3/t16-/m0/s1. The van der Waals surface area contributed by atoms with Gasteiger partial charge in [-0.3, -0.25) is 9.69 Å². The highest BCUT2D eigenvalue weighted by Gasteiger charge is 2.50. The largest absolute Gasteiger partial charge is 0.391 e. The second kappa shape index (κ2) is 6.15. The number of aryl methyl sites for hydroxylation is 1. The molecule has 1 aromatic heterocycles. The normalized spacial score (nSPS) is 26.7. The number of amides is 1. The maximum atomic E-state index is 12.1. The Bertz CT molecular complexity index is 602. The van der Waals surface area contributed by atoms with E-state index in [1.807, 2.05) is 31.7 Å². The molecule has 6 nitrogen and oxygen atoms in total. The summed E-state index contributed by atoms with van der Waals surface area (Å²) >= 11 is 0. The molecule has 1 spiro atoms. The van der Waals surface area contributed by atoms with E-state index in [9.17, 15) is 9.90 Å². The molecule has 6 heteroatoms. The molecular formula is C18H29N3O3. The lowest BCUT2D eigenvalue weighted by atomic mass is 9.67. The van der Waals surface area contributed by atoms with Crippen molar-refractivity contribution < 1.29 is 14.4 Å². The summed E-state index contributed by atoms with van der Waals surface area (Å²) in [5.74, 6) is 0.895. The van der Waals surface area contributed by atoms with Crippen molar-refractivity contribution in [2.75, 3.05) is 19.6 Å². The van der Waals surface area contributed by atoms with Crippen molar-refractivity contribution in [1.29, 1.82) is 0 Å². The lowest BCUT2D eigenvalue weighted by Gasteiger charge is -2.55. The van der Waals surface area contributed by atoms with Crippen LogP contribution in [0.1, 0.15) is 51.5 Å². The summed E-state index contributed by atoms with van der Waals surface area (Å²) in [6.45, 7) is 10.9. The van der Waals surface area contributed by atoms with Gasteiger partial charge in [0.25, 0.3) is 0 Å². The first-order chi connectivity index (χ1) is 11.2. The van der Waals surface area contributed by atoms with Crippen LogP contribution in [-0.4, -0.2) is 57.2 Å². The fraction of sp³-hybridized carbons (Fsp3) is 0.778. The van der Waals surface area contributed by atoms with Gasteiger partial charge in [0.2, 0.25) is 5.91 Å². The summed E-state index contributed by atoms with van der Waals surface area (Å²) in [4.78, 5) is 16.3. The van der Waals surface area contributed by atoms with Crippen molar-refractivity contribution in [3.8, 4) is 0 Å². The van der Waals surface area contributed by atoms with Crippen LogP contribution < -0.4 is 0 Å². The third-order valence-electron chi connectivity index (χ3n) is 5.99. The molecule has 134 valence electrons. The Morgan fingerprint density at radius 2 is 2.08 bits per heavy atom. The van der Waals surface area contributed by atoms with E-state index in [0.29, 0.717) is 0 Å². The smallest absolute Gasteiger partial charge is 0.219 e. The Kier molecular flexibility index (Phi) is 4.47. The Morgan fingerprint density at radius 3 is 2.62 bits per heavy atom.